The predicted molar refractivity (Wildman–Crippen MR) is 75.2 cm³/mol. The third-order valence-corrected chi connectivity index (χ3v) is 3.75. The second kappa shape index (κ2) is 5.81. The Balaban J connectivity index is 1.95. The average molecular weight is 293 g/mol. The molecule has 2 aromatic rings. The molecule has 1 aromatic carbocycles. The molecule has 0 aliphatic carbocycles. The first-order valence-electron chi connectivity index (χ1n) is 7.06. The van der Waals surface area contributed by atoms with Crippen molar-refractivity contribution in [1.29, 1.82) is 0 Å². The van der Waals surface area contributed by atoms with Gasteiger partial charge < -0.3 is 10.4 Å². The molecule has 1 unspecified atom stereocenters. The summed E-state index contributed by atoms with van der Waals surface area (Å²) in [4.78, 5) is 0. The number of halogens is 2. The van der Waals surface area contributed by atoms with Crippen LogP contribution in [0.25, 0.3) is 0 Å². The summed E-state index contributed by atoms with van der Waals surface area (Å²) in [5.74, 6) is -0.264. The van der Waals surface area contributed by atoms with Crippen LogP contribution in [0.5, 0.6) is 0 Å². The molecule has 0 amide bonds. The zero-order valence-electron chi connectivity index (χ0n) is 11.5. The van der Waals surface area contributed by atoms with E-state index in [9.17, 15) is 8.78 Å². The van der Waals surface area contributed by atoms with Crippen LogP contribution in [0.1, 0.15) is 30.0 Å². The number of hydrogen-bond donors (Lipinski definition) is 2. The van der Waals surface area contributed by atoms with Gasteiger partial charge in [-0.05, 0) is 37.0 Å². The molecule has 0 bridgehead atoms. The van der Waals surface area contributed by atoms with E-state index in [1.165, 1.54) is 12.1 Å². The summed E-state index contributed by atoms with van der Waals surface area (Å²) in [5, 5.41) is 16.6. The van der Waals surface area contributed by atoms with E-state index in [2.05, 4.69) is 10.4 Å². The molecule has 0 radical (unpaired) electrons. The van der Waals surface area contributed by atoms with Crippen LogP contribution in [0.3, 0.4) is 0 Å². The Hall–Kier alpha value is -1.95. The first-order chi connectivity index (χ1) is 10.2. The van der Waals surface area contributed by atoms with E-state index in [4.69, 9.17) is 5.11 Å². The van der Waals surface area contributed by atoms with Crippen LogP contribution in [0.2, 0.25) is 0 Å². The van der Waals surface area contributed by atoms with Crippen molar-refractivity contribution in [3.63, 3.8) is 0 Å². The standard InChI is InChI=1S/C15H17F2N3O/c16-12-6-11(7-13(17)8-12)14-3-4-18-15-10(2-1-5-21)9-19-20(14)15/h6-9,14,18,21H,1-5H2. The lowest BCUT2D eigenvalue weighted by atomic mass is 10.0. The zero-order chi connectivity index (χ0) is 14.8. The number of benzene rings is 1. The molecular formula is C15H17F2N3O. The highest BCUT2D eigenvalue weighted by atomic mass is 19.1. The summed E-state index contributed by atoms with van der Waals surface area (Å²) < 4.78 is 28.6. The van der Waals surface area contributed by atoms with E-state index in [0.717, 1.165) is 36.8 Å². The van der Waals surface area contributed by atoms with Crippen molar-refractivity contribution in [1.82, 2.24) is 9.78 Å². The first kappa shape index (κ1) is 14.0. The maximum Gasteiger partial charge on any atom is 0.128 e. The van der Waals surface area contributed by atoms with Gasteiger partial charge in [-0.3, -0.25) is 0 Å². The molecule has 0 spiro atoms. The summed E-state index contributed by atoms with van der Waals surface area (Å²) >= 11 is 0. The maximum absolute atomic E-state index is 13.4. The highest BCUT2D eigenvalue weighted by molar-refractivity contribution is 5.47. The highest BCUT2D eigenvalue weighted by Gasteiger charge is 2.25. The summed E-state index contributed by atoms with van der Waals surface area (Å²) in [6, 6.07) is 3.42. The molecule has 0 saturated carbocycles. The van der Waals surface area contributed by atoms with E-state index in [1.54, 1.807) is 10.9 Å². The highest BCUT2D eigenvalue weighted by Crippen LogP contribution is 2.32. The number of hydrogen-bond acceptors (Lipinski definition) is 3. The summed E-state index contributed by atoms with van der Waals surface area (Å²) in [7, 11) is 0. The van der Waals surface area contributed by atoms with E-state index < -0.39 is 11.6 Å². The van der Waals surface area contributed by atoms with Gasteiger partial charge in [0.25, 0.3) is 0 Å². The Morgan fingerprint density at radius 3 is 2.76 bits per heavy atom. The minimum Gasteiger partial charge on any atom is -0.396 e. The van der Waals surface area contributed by atoms with Gasteiger partial charge in [0.15, 0.2) is 0 Å². The Bertz CT molecular complexity index is 622. The number of rotatable bonds is 4. The Morgan fingerprint density at radius 2 is 2.05 bits per heavy atom. The molecule has 0 fully saturated rings. The number of nitrogens with zero attached hydrogens (tertiary/aromatic N) is 2. The number of fused-ring (bicyclic) bond motifs is 1. The van der Waals surface area contributed by atoms with Crippen LogP contribution >= 0.6 is 0 Å². The second-order valence-corrected chi connectivity index (χ2v) is 5.22. The van der Waals surface area contributed by atoms with Gasteiger partial charge in [-0.1, -0.05) is 0 Å². The van der Waals surface area contributed by atoms with Crippen molar-refractivity contribution in [2.24, 2.45) is 0 Å². The number of aromatic nitrogens is 2. The molecule has 21 heavy (non-hydrogen) atoms. The van der Waals surface area contributed by atoms with E-state index in [0.29, 0.717) is 12.0 Å². The number of anilines is 1. The van der Waals surface area contributed by atoms with Crippen LogP contribution in [0.4, 0.5) is 14.6 Å². The third kappa shape index (κ3) is 2.76. The molecule has 1 aromatic heterocycles. The van der Waals surface area contributed by atoms with Gasteiger partial charge in [0.1, 0.15) is 17.5 Å². The van der Waals surface area contributed by atoms with Gasteiger partial charge in [-0.2, -0.15) is 5.10 Å². The molecule has 3 rings (SSSR count). The van der Waals surface area contributed by atoms with Gasteiger partial charge >= 0.3 is 0 Å². The Labute approximate surface area is 121 Å². The lowest BCUT2D eigenvalue weighted by molar-refractivity contribution is 0.288. The van der Waals surface area contributed by atoms with Gasteiger partial charge in [-0.25, -0.2) is 13.5 Å². The summed E-state index contributed by atoms with van der Waals surface area (Å²) in [6.45, 7) is 0.851. The molecule has 1 aliphatic rings. The zero-order valence-corrected chi connectivity index (χ0v) is 11.5. The molecule has 0 saturated heterocycles. The monoisotopic (exact) mass is 293 g/mol. The van der Waals surface area contributed by atoms with Gasteiger partial charge in [0.05, 0.1) is 12.2 Å². The molecule has 1 aliphatic heterocycles. The minimum absolute atomic E-state index is 0.128. The Morgan fingerprint density at radius 1 is 1.29 bits per heavy atom. The van der Waals surface area contributed by atoms with Gasteiger partial charge in [0, 0.05) is 24.8 Å². The van der Waals surface area contributed by atoms with Crippen LogP contribution in [-0.4, -0.2) is 28.0 Å². The third-order valence-electron chi connectivity index (χ3n) is 3.75. The predicted octanol–water partition coefficient (Wildman–Crippen LogP) is 2.49. The van der Waals surface area contributed by atoms with Crippen molar-refractivity contribution in [2.75, 3.05) is 18.5 Å². The fourth-order valence-electron chi connectivity index (χ4n) is 2.81. The number of nitrogens with one attached hydrogen (secondary N) is 1. The van der Waals surface area contributed by atoms with Gasteiger partial charge in [0.2, 0.25) is 0 Å². The number of aliphatic hydroxyl groups is 1. The number of aryl methyl sites for hydroxylation is 1. The lowest BCUT2D eigenvalue weighted by Crippen LogP contribution is -2.25. The van der Waals surface area contributed by atoms with E-state index >= 15 is 0 Å². The van der Waals surface area contributed by atoms with Crippen LogP contribution < -0.4 is 5.32 Å². The summed E-state index contributed by atoms with van der Waals surface area (Å²) in [5.41, 5.74) is 1.61. The Kier molecular flexibility index (Phi) is 3.88. The van der Waals surface area contributed by atoms with Crippen LogP contribution in [-0.2, 0) is 6.42 Å². The molecule has 4 nitrogen and oxygen atoms in total. The van der Waals surface area contributed by atoms with Crippen molar-refractivity contribution < 1.29 is 13.9 Å². The molecule has 112 valence electrons. The molecular weight excluding hydrogens is 276 g/mol. The SMILES string of the molecule is OCCCc1cnn2c1NCCC2c1cc(F)cc(F)c1. The van der Waals surface area contributed by atoms with E-state index in [-0.39, 0.29) is 12.6 Å². The van der Waals surface area contributed by atoms with Crippen LogP contribution in [0, 0.1) is 11.6 Å². The minimum atomic E-state index is -0.572. The first-order valence-corrected chi connectivity index (χ1v) is 7.06. The lowest BCUT2D eigenvalue weighted by Gasteiger charge is -2.27. The molecule has 1 atom stereocenters. The van der Waals surface area contributed by atoms with Crippen molar-refractivity contribution in [3.05, 3.63) is 47.2 Å². The number of aliphatic hydroxyl groups excluding tert-OH is 1. The van der Waals surface area contributed by atoms with Crippen molar-refractivity contribution in [3.8, 4) is 0 Å². The van der Waals surface area contributed by atoms with E-state index in [1.807, 2.05) is 0 Å². The largest absolute Gasteiger partial charge is 0.396 e. The fraction of sp³-hybridized carbons (Fsp3) is 0.400. The molecule has 2 N–H and O–H groups in total. The fourth-order valence-corrected chi connectivity index (χ4v) is 2.81. The average Bonchev–Trinajstić information content (AvgIpc) is 2.87. The topological polar surface area (TPSA) is 50.1 Å². The van der Waals surface area contributed by atoms with Crippen molar-refractivity contribution in [2.45, 2.75) is 25.3 Å². The summed E-state index contributed by atoms with van der Waals surface area (Å²) in [6.07, 6.45) is 3.87. The van der Waals surface area contributed by atoms with Gasteiger partial charge in [-0.15, -0.1) is 0 Å². The second-order valence-electron chi connectivity index (χ2n) is 5.22. The van der Waals surface area contributed by atoms with Crippen molar-refractivity contribution >= 4 is 5.82 Å². The quantitative estimate of drug-likeness (QED) is 0.910. The smallest absolute Gasteiger partial charge is 0.128 e. The molecule has 6 heteroatoms. The normalized spacial score (nSPS) is 17.4. The maximum atomic E-state index is 13.4. The van der Waals surface area contributed by atoms with Crippen LogP contribution in [0.15, 0.2) is 24.4 Å². The molecule has 2 heterocycles.